The molecule has 10 rings (SSSR count). The molecule has 262 valence electrons. The summed E-state index contributed by atoms with van der Waals surface area (Å²) in [5.41, 5.74) is 19.8. The van der Waals surface area contributed by atoms with Crippen molar-refractivity contribution in [3.05, 3.63) is 203 Å². The molecule has 0 bridgehead atoms. The Hall–Kier alpha value is -6.12. The van der Waals surface area contributed by atoms with E-state index in [2.05, 4.69) is 178 Å². The molecule has 0 spiro atoms. The van der Waals surface area contributed by atoms with E-state index in [0.717, 1.165) is 58.0 Å². The van der Waals surface area contributed by atoms with Gasteiger partial charge in [0.2, 0.25) is 0 Å². The van der Waals surface area contributed by atoms with Crippen molar-refractivity contribution in [1.82, 2.24) is 0 Å². The summed E-state index contributed by atoms with van der Waals surface area (Å²) in [4.78, 5) is 2.49. The van der Waals surface area contributed by atoms with Crippen molar-refractivity contribution in [1.29, 1.82) is 0 Å². The van der Waals surface area contributed by atoms with Crippen LogP contribution in [-0.4, -0.2) is 0 Å². The summed E-state index contributed by atoms with van der Waals surface area (Å²) in [5, 5.41) is 2.29. The lowest BCUT2D eigenvalue weighted by molar-refractivity contribution is 0.660. The van der Waals surface area contributed by atoms with E-state index >= 15 is 0 Å². The van der Waals surface area contributed by atoms with Gasteiger partial charge in [0.1, 0.15) is 11.2 Å². The third-order valence-corrected chi connectivity index (χ3v) is 12.2. The Kier molecular flexibility index (Phi) is 7.52. The van der Waals surface area contributed by atoms with E-state index in [1.807, 2.05) is 6.07 Å². The van der Waals surface area contributed by atoms with Crippen LogP contribution in [-0.2, 0) is 5.41 Å². The summed E-state index contributed by atoms with van der Waals surface area (Å²) in [6.07, 6.45) is 19.2. The number of benzene rings is 5. The molecule has 0 fully saturated rings. The van der Waals surface area contributed by atoms with Crippen LogP contribution < -0.4 is 4.90 Å². The van der Waals surface area contributed by atoms with Crippen LogP contribution in [0.2, 0.25) is 0 Å². The Labute approximate surface area is 318 Å². The van der Waals surface area contributed by atoms with E-state index in [9.17, 15) is 0 Å². The smallest absolute Gasteiger partial charge is 0.143 e. The predicted molar refractivity (Wildman–Crippen MR) is 227 cm³/mol. The van der Waals surface area contributed by atoms with Crippen LogP contribution in [0.1, 0.15) is 51.2 Å². The van der Waals surface area contributed by atoms with Crippen LogP contribution in [0.4, 0.5) is 11.4 Å². The van der Waals surface area contributed by atoms with Gasteiger partial charge in [-0.2, -0.15) is 0 Å². The average molecular weight is 698 g/mol. The summed E-state index contributed by atoms with van der Waals surface area (Å²) in [7, 11) is 0. The lowest BCUT2D eigenvalue weighted by Gasteiger charge is -2.38. The lowest BCUT2D eigenvalue weighted by Crippen LogP contribution is -2.24. The normalized spacial score (nSPS) is 18.4. The third kappa shape index (κ3) is 4.86. The Morgan fingerprint density at radius 3 is 2.46 bits per heavy atom. The van der Waals surface area contributed by atoms with Crippen molar-refractivity contribution in [2.75, 3.05) is 4.90 Å². The minimum Gasteiger partial charge on any atom is -0.455 e. The number of rotatable bonds is 6. The quantitative estimate of drug-likeness (QED) is 0.172. The highest BCUT2D eigenvalue weighted by Gasteiger charge is 2.37. The molecule has 1 heterocycles. The molecule has 4 aliphatic rings. The monoisotopic (exact) mass is 697 g/mol. The van der Waals surface area contributed by atoms with Gasteiger partial charge in [0, 0.05) is 44.7 Å². The van der Waals surface area contributed by atoms with Crippen molar-refractivity contribution in [2.24, 2.45) is 5.92 Å². The van der Waals surface area contributed by atoms with Crippen LogP contribution in [0.15, 0.2) is 196 Å². The number of furan rings is 1. The molecule has 1 unspecified atom stereocenters. The molecule has 2 nitrogen and oxygen atoms in total. The van der Waals surface area contributed by atoms with Gasteiger partial charge in [-0.25, -0.2) is 0 Å². The number of nitrogens with zero attached hydrogens (tertiary/aromatic N) is 1. The van der Waals surface area contributed by atoms with Gasteiger partial charge in [0.05, 0.1) is 0 Å². The van der Waals surface area contributed by atoms with E-state index in [0.29, 0.717) is 5.92 Å². The molecule has 5 aromatic carbocycles. The summed E-state index contributed by atoms with van der Waals surface area (Å²) >= 11 is 0. The highest BCUT2D eigenvalue weighted by Crippen LogP contribution is 2.52. The number of hydrogen-bond acceptors (Lipinski definition) is 2. The van der Waals surface area contributed by atoms with Crippen LogP contribution in [0.3, 0.4) is 0 Å². The summed E-state index contributed by atoms with van der Waals surface area (Å²) in [6, 6.07) is 39.9. The maximum atomic E-state index is 6.54. The zero-order chi connectivity index (χ0) is 36.6. The minimum atomic E-state index is -0.109. The summed E-state index contributed by atoms with van der Waals surface area (Å²) < 4.78 is 6.54. The fourth-order valence-electron chi connectivity index (χ4n) is 9.67. The van der Waals surface area contributed by atoms with Gasteiger partial charge in [0.15, 0.2) is 0 Å². The van der Waals surface area contributed by atoms with E-state index < -0.39 is 0 Å². The second-order valence-corrected chi connectivity index (χ2v) is 15.5. The molecule has 0 amide bonds. The SMILES string of the molecule is C=CC1=C(/C=C\C)C2CC=C(N(c3cccc(-c4cccc5c4oc4ccccc45)c3)c3ccc4c(c3)C(C)(C)c3ccccc3-4)C=C2C2=C1C=CCC2. The van der Waals surface area contributed by atoms with E-state index in [1.165, 1.54) is 61.5 Å². The number of allylic oxidation sites excluding steroid dienone is 12. The van der Waals surface area contributed by atoms with Gasteiger partial charge in [-0.15, -0.1) is 0 Å². The van der Waals surface area contributed by atoms with Crippen LogP contribution in [0, 0.1) is 5.92 Å². The largest absolute Gasteiger partial charge is 0.455 e. The summed E-state index contributed by atoms with van der Waals surface area (Å²) in [5.74, 6) is 0.301. The summed E-state index contributed by atoms with van der Waals surface area (Å²) in [6.45, 7) is 11.1. The van der Waals surface area contributed by atoms with Crippen molar-refractivity contribution in [2.45, 2.75) is 45.4 Å². The van der Waals surface area contributed by atoms with Crippen molar-refractivity contribution >= 4 is 33.3 Å². The molecule has 0 N–H and O–H groups in total. The first kappa shape index (κ1) is 32.5. The molecule has 0 radical (unpaired) electrons. The minimum absolute atomic E-state index is 0.109. The predicted octanol–water partition coefficient (Wildman–Crippen LogP) is 14.2. The molecule has 1 aromatic heterocycles. The molecule has 2 heteroatoms. The average Bonchev–Trinajstić information content (AvgIpc) is 3.70. The van der Waals surface area contributed by atoms with Gasteiger partial charge in [-0.05, 0) is 118 Å². The number of anilines is 2. The van der Waals surface area contributed by atoms with Crippen molar-refractivity contribution in [3.8, 4) is 22.3 Å². The molecular weight excluding hydrogens is 655 g/mol. The molecule has 4 aliphatic carbocycles. The van der Waals surface area contributed by atoms with Crippen LogP contribution >= 0.6 is 0 Å². The highest BCUT2D eigenvalue weighted by atomic mass is 16.3. The molecule has 0 aliphatic heterocycles. The molecule has 1 atom stereocenters. The second-order valence-electron chi connectivity index (χ2n) is 15.5. The zero-order valence-electron chi connectivity index (χ0n) is 31.2. The fourth-order valence-corrected chi connectivity index (χ4v) is 9.67. The van der Waals surface area contributed by atoms with Gasteiger partial charge in [-0.3, -0.25) is 0 Å². The Morgan fingerprint density at radius 2 is 1.57 bits per heavy atom. The fraction of sp³-hybridized carbons (Fsp3) is 0.154. The third-order valence-electron chi connectivity index (χ3n) is 12.2. The second kappa shape index (κ2) is 12.5. The van der Waals surface area contributed by atoms with Crippen molar-refractivity contribution < 1.29 is 4.42 Å². The number of fused-ring (bicyclic) bond motifs is 8. The Morgan fingerprint density at radius 1 is 0.796 bits per heavy atom. The van der Waals surface area contributed by atoms with Crippen molar-refractivity contribution in [3.63, 3.8) is 0 Å². The maximum Gasteiger partial charge on any atom is 0.143 e. The van der Waals surface area contributed by atoms with E-state index in [1.54, 1.807) is 0 Å². The molecular formula is C52H43NO. The first-order valence-electron chi connectivity index (χ1n) is 19.3. The number of hydrogen-bond donors (Lipinski definition) is 0. The van der Waals surface area contributed by atoms with Gasteiger partial charge in [-0.1, -0.05) is 136 Å². The highest BCUT2D eigenvalue weighted by molar-refractivity contribution is 6.09. The molecule has 0 saturated heterocycles. The first-order valence-corrected chi connectivity index (χ1v) is 19.3. The Balaban J connectivity index is 1.16. The number of para-hydroxylation sites is 2. The topological polar surface area (TPSA) is 16.4 Å². The maximum absolute atomic E-state index is 6.54. The molecule has 0 saturated carbocycles. The van der Waals surface area contributed by atoms with Gasteiger partial charge < -0.3 is 9.32 Å². The lowest BCUT2D eigenvalue weighted by atomic mass is 9.69. The molecule has 6 aromatic rings. The van der Waals surface area contributed by atoms with Gasteiger partial charge in [0.25, 0.3) is 0 Å². The standard InChI is InChI=1S/C52H43NO/c1-5-15-39-37(6-2)40-18-7-8-19-41(40)47-31-35(26-28-42(39)47)53(36-27-29-44-43-20-9-11-24-48(43)52(3,4)49(44)32-36)34-17-13-16-33(30-34)38-22-14-23-46-45-21-10-12-25-50(45)54-51(38)46/h5-7,9-18,20-27,29-32,42H,2,8,19,28H2,1,3-4H3/b15-5-. The van der Waals surface area contributed by atoms with Crippen LogP contribution in [0.5, 0.6) is 0 Å². The Bertz CT molecular complexity index is 2750. The molecule has 54 heavy (non-hydrogen) atoms. The van der Waals surface area contributed by atoms with E-state index in [4.69, 9.17) is 4.42 Å². The van der Waals surface area contributed by atoms with Crippen LogP contribution in [0.25, 0.3) is 44.2 Å². The van der Waals surface area contributed by atoms with E-state index in [-0.39, 0.29) is 5.41 Å². The first-order chi connectivity index (χ1) is 26.5. The van der Waals surface area contributed by atoms with Gasteiger partial charge >= 0.3 is 0 Å². The zero-order valence-corrected chi connectivity index (χ0v) is 31.2.